The summed E-state index contributed by atoms with van der Waals surface area (Å²) < 4.78 is 0. The molecule has 0 aliphatic carbocycles. The van der Waals surface area contributed by atoms with E-state index in [9.17, 15) is 0 Å². The molecule has 0 atom stereocenters. The summed E-state index contributed by atoms with van der Waals surface area (Å²) in [5.41, 5.74) is 9.24. The fourth-order valence-corrected chi connectivity index (χ4v) is 1.33. The molecule has 0 aromatic heterocycles. The van der Waals surface area contributed by atoms with E-state index in [4.69, 9.17) is 5.73 Å². The van der Waals surface area contributed by atoms with Gasteiger partial charge in [0.25, 0.3) is 0 Å². The highest BCUT2D eigenvalue weighted by Crippen LogP contribution is 2.17. The van der Waals surface area contributed by atoms with Crippen LogP contribution in [-0.4, -0.2) is 12.0 Å². The molecule has 1 aromatic rings. The Hall–Kier alpha value is -1.51. The smallest absolute Gasteiger partial charge is 0.193 e. The van der Waals surface area contributed by atoms with Gasteiger partial charge in [0.2, 0.25) is 0 Å². The molecule has 1 rings (SSSR count). The summed E-state index contributed by atoms with van der Waals surface area (Å²) in [7, 11) is 0. The van der Waals surface area contributed by atoms with Crippen LogP contribution in [0.4, 0.5) is 5.69 Å². The van der Waals surface area contributed by atoms with Crippen molar-refractivity contribution in [2.24, 2.45) is 10.7 Å². The molecule has 0 saturated heterocycles. The van der Waals surface area contributed by atoms with Gasteiger partial charge in [-0.15, -0.1) is 0 Å². The Kier molecular flexibility index (Phi) is 3.72. The van der Waals surface area contributed by atoms with Gasteiger partial charge in [0.15, 0.2) is 5.96 Å². The lowest BCUT2D eigenvalue weighted by Gasteiger charge is -2.11. The van der Waals surface area contributed by atoms with E-state index >= 15 is 0 Å². The molecule has 0 bridgehead atoms. The third kappa shape index (κ3) is 3.27. The highest BCUT2D eigenvalue weighted by atomic mass is 15.1. The molecule has 0 saturated carbocycles. The average Bonchev–Trinajstić information content (AvgIpc) is 2.11. The number of rotatable bonds is 2. The third-order valence-corrected chi connectivity index (χ3v) is 2.26. The molecule has 3 N–H and O–H groups in total. The van der Waals surface area contributed by atoms with Crippen LogP contribution < -0.4 is 11.1 Å². The van der Waals surface area contributed by atoms with E-state index in [2.05, 4.69) is 30.2 Å². The molecule has 0 unspecified atom stereocenters. The highest BCUT2D eigenvalue weighted by molar-refractivity contribution is 5.93. The zero-order valence-corrected chi connectivity index (χ0v) is 9.83. The van der Waals surface area contributed by atoms with Gasteiger partial charge in [0, 0.05) is 11.7 Å². The van der Waals surface area contributed by atoms with Crippen molar-refractivity contribution < 1.29 is 0 Å². The highest BCUT2D eigenvalue weighted by Gasteiger charge is 2.01. The van der Waals surface area contributed by atoms with Crippen LogP contribution in [0.2, 0.25) is 0 Å². The normalized spacial score (nSPS) is 11.9. The number of aliphatic imine (C=N–C) groups is 1. The average molecular weight is 205 g/mol. The Bertz CT molecular complexity index is 367. The summed E-state index contributed by atoms with van der Waals surface area (Å²) in [6.07, 6.45) is 0. The first-order valence-corrected chi connectivity index (χ1v) is 5.17. The SMILES string of the molecule is Cc1cccc(NC(N)=NC(C)C)c1C. The second-order valence-electron chi connectivity index (χ2n) is 3.98. The molecule has 82 valence electrons. The van der Waals surface area contributed by atoms with Gasteiger partial charge >= 0.3 is 0 Å². The van der Waals surface area contributed by atoms with Crippen LogP contribution in [-0.2, 0) is 0 Å². The minimum atomic E-state index is 0.211. The van der Waals surface area contributed by atoms with Gasteiger partial charge in [0.1, 0.15) is 0 Å². The fraction of sp³-hybridized carbons (Fsp3) is 0.417. The lowest BCUT2D eigenvalue weighted by atomic mass is 10.1. The quantitative estimate of drug-likeness (QED) is 0.575. The summed E-state index contributed by atoms with van der Waals surface area (Å²) >= 11 is 0. The first-order chi connectivity index (χ1) is 7.00. The van der Waals surface area contributed by atoms with Crippen LogP contribution in [0.15, 0.2) is 23.2 Å². The van der Waals surface area contributed by atoms with Gasteiger partial charge in [-0.3, -0.25) is 4.99 Å². The molecule has 0 fully saturated rings. The van der Waals surface area contributed by atoms with Crippen molar-refractivity contribution in [3.05, 3.63) is 29.3 Å². The molecule has 0 heterocycles. The van der Waals surface area contributed by atoms with Gasteiger partial charge in [0.05, 0.1) is 0 Å². The molecule has 0 aliphatic rings. The number of hydrogen-bond acceptors (Lipinski definition) is 1. The van der Waals surface area contributed by atoms with Gasteiger partial charge in [-0.05, 0) is 44.9 Å². The minimum Gasteiger partial charge on any atom is -0.370 e. The van der Waals surface area contributed by atoms with Gasteiger partial charge in [-0.2, -0.15) is 0 Å². The number of nitrogens with one attached hydrogen (secondary N) is 1. The van der Waals surface area contributed by atoms with Crippen molar-refractivity contribution >= 4 is 11.6 Å². The van der Waals surface area contributed by atoms with E-state index in [1.807, 2.05) is 26.0 Å². The maximum Gasteiger partial charge on any atom is 0.193 e. The minimum absolute atomic E-state index is 0.211. The summed E-state index contributed by atoms with van der Waals surface area (Å²) in [5, 5.41) is 3.11. The predicted octanol–water partition coefficient (Wildman–Crippen LogP) is 2.44. The number of guanidine groups is 1. The molecule has 0 spiro atoms. The summed E-state index contributed by atoms with van der Waals surface area (Å²) in [6.45, 7) is 8.14. The van der Waals surface area contributed by atoms with E-state index in [0.29, 0.717) is 5.96 Å². The number of benzene rings is 1. The number of nitrogens with two attached hydrogens (primary N) is 1. The van der Waals surface area contributed by atoms with E-state index in [1.165, 1.54) is 11.1 Å². The standard InChI is InChI=1S/C12H19N3/c1-8(2)14-12(13)15-11-7-5-6-9(3)10(11)4/h5-8H,1-4H3,(H3,13,14,15). The van der Waals surface area contributed by atoms with Crippen LogP contribution >= 0.6 is 0 Å². The molecular weight excluding hydrogens is 186 g/mol. The zero-order chi connectivity index (χ0) is 11.4. The molecule has 0 radical (unpaired) electrons. The zero-order valence-electron chi connectivity index (χ0n) is 9.83. The molecule has 15 heavy (non-hydrogen) atoms. The van der Waals surface area contributed by atoms with E-state index in [1.54, 1.807) is 0 Å². The van der Waals surface area contributed by atoms with Crippen molar-refractivity contribution in [3.8, 4) is 0 Å². The fourth-order valence-electron chi connectivity index (χ4n) is 1.33. The van der Waals surface area contributed by atoms with Crippen molar-refractivity contribution in [1.82, 2.24) is 0 Å². The molecule has 3 nitrogen and oxygen atoms in total. The first-order valence-electron chi connectivity index (χ1n) is 5.17. The maximum atomic E-state index is 5.76. The van der Waals surface area contributed by atoms with Crippen LogP contribution in [0.5, 0.6) is 0 Å². The van der Waals surface area contributed by atoms with Crippen LogP contribution in [0.1, 0.15) is 25.0 Å². The Labute approximate surface area is 91.4 Å². The Balaban J connectivity index is 2.86. The van der Waals surface area contributed by atoms with Crippen molar-refractivity contribution in [1.29, 1.82) is 0 Å². The topological polar surface area (TPSA) is 50.4 Å². The number of hydrogen-bond donors (Lipinski definition) is 2. The van der Waals surface area contributed by atoms with Crippen LogP contribution in [0, 0.1) is 13.8 Å². The Morgan fingerprint density at radius 1 is 1.33 bits per heavy atom. The molecule has 0 aliphatic heterocycles. The molecule has 1 aromatic carbocycles. The van der Waals surface area contributed by atoms with Crippen LogP contribution in [0.25, 0.3) is 0 Å². The monoisotopic (exact) mass is 205 g/mol. The van der Waals surface area contributed by atoms with E-state index < -0.39 is 0 Å². The number of aryl methyl sites for hydroxylation is 1. The largest absolute Gasteiger partial charge is 0.370 e. The summed E-state index contributed by atoms with van der Waals surface area (Å²) in [5.74, 6) is 0.471. The van der Waals surface area contributed by atoms with E-state index in [0.717, 1.165) is 5.69 Å². The van der Waals surface area contributed by atoms with Crippen LogP contribution in [0.3, 0.4) is 0 Å². The third-order valence-electron chi connectivity index (χ3n) is 2.26. The lowest BCUT2D eigenvalue weighted by molar-refractivity contribution is 0.833. The lowest BCUT2D eigenvalue weighted by Crippen LogP contribution is -2.24. The van der Waals surface area contributed by atoms with Crippen molar-refractivity contribution in [2.45, 2.75) is 33.7 Å². The Morgan fingerprint density at radius 3 is 2.60 bits per heavy atom. The van der Waals surface area contributed by atoms with Crippen molar-refractivity contribution in [2.75, 3.05) is 5.32 Å². The van der Waals surface area contributed by atoms with Crippen molar-refractivity contribution in [3.63, 3.8) is 0 Å². The van der Waals surface area contributed by atoms with Gasteiger partial charge in [-0.25, -0.2) is 0 Å². The van der Waals surface area contributed by atoms with E-state index in [-0.39, 0.29) is 6.04 Å². The first kappa shape index (κ1) is 11.6. The molecule has 0 amide bonds. The maximum absolute atomic E-state index is 5.76. The number of nitrogens with zero attached hydrogens (tertiary/aromatic N) is 1. The Morgan fingerprint density at radius 2 is 2.00 bits per heavy atom. The summed E-state index contributed by atoms with van der Waals surface area (Å²) in [4.78, 5) is 4.23. The van der Waals surface area contributed by atoms with Gasteiger partial charge in [-0.1, -0.05) is 12.1 Å². The summed E-state index contributed by atoms with van der Waals surface area (Å²) in [6, 6.07) is 6.30. The van der Waals surface area contributed by atoms with Gasteiger partial charge < -0.3 is 11.1 Å². The molecule has 3 heteroatoms. The number of anilines is 1. The predicted molar refractivity (Wildman–Crippen MR) is 66.3 cm³/mol. The molecular formula is C12H19N3. The second-order valence-corrected chi connectivity index (χ2v) is 3.98. The second kappa shape index (κ2) is 4.82.